The van der Waals surface area contributed by atoms with Crippen LogP contribution in [0.2, 0.25) is 0 Å². The average Bonchev–Trinajstić information content (AvgIpc) is 2.46. The van der Waals surface area contributed by atoms with Gasteiger partial charge in [-0.2, -0.15) is 0 Å². The van der Waals surface area contributed by atoms with Crippen molar-refractivity contribution < 1.29 is 19.8 Å². The summed E-state index contributed by atoms with van der Waals surface area (Å²) in [4.78, 5) is 13.5. The fourth-order valence-corrected chi connectivity index (χ4v) is 1.71. The first-order chi connectivity index (χ1) is 9.49. The van der Waals surface area contributed by atoms with Crippen LogP contribution in [0.5, 0.6) is 0 Å². The number of oxime groups is 1. The molecule has 0 saturated heterocycles. The van der Waals surface area contributed by atoms with E-state index in [2.05, 4.69) is 5.16 Å². The molecule has 0 heterocycles. The predicted octanol–water partition coefficient (Wildman–Crippen LogP) is -0.140. The smallest absolute Gasteiger partial charge is 0.253 e. The lowest BCUT2D eigenvalue weighted by Crippen LogP contribution is -2.36. The molecule has 0 fully saturated rings. The summed E-state index contributed by atoms with van der Waals surface area (Å²) in [5.74, 6) is -0.251. The summed E-state index contributed by atoms with van der Waals surface area (Å²) in [6.45, 7) is 0.342. The monoisotopic (exact) mass is 281 g/mol. The number of carbonyl (C=O) groups excluding carboxylic acids is 1. The molecule has 1 atom stereocenters. The van der Waals surface area contributed by atoms with Crippen LogP contribution in [-0.2, 0) is 4.74 Å². The summed E-state index contributed by atoms with van der Waals surface area (Å²) in [6.07, 6.45) is -0.731. The fourth-order valence-electron chi connectivity index (χ4n) is 1.71. The van der Waals surface area contributed by atoms with Crippen LogP contribution in [0.4, 0.5) is 0 Å². The van der Waals surface area contributed by atoms with Gasteiger partial charge in [0.25, 0.3) is 5.91 Å². The van der Waals surface area contributed by atoms with E-state index in [9.17, 15) is 9.90 Å². The van der Waals surface area contributed by atoms with E-state index in [1.807, 2.05) is 0 Å². The van der Waals surface area contributed by atoms with Gasteiger partial charge in [-0.05, 0) is 12.1 Å². The van der Waals surface area contributed by atoms with E-state index in [4.69, 9.17) is 15.7 Å². The molecule has 0 aliphatic carbocycles. The SMILES string of the molecule is COCC(O)CN(C)C(=O)c1ccc(C(N)=NO)cc1. The second-order valence-electron chi connectivity index (χ2n) is 4.36. The van der Waals surface area contributed by atoms with Crippen LogP contribution in [0.3, 0.4) is 0 Å². The first-order valence-electron chi connectivity index (χ1n) is 6.00. The van der Waals surface area contributed by atoms with Gasteiger partial charge in [-0.3, -0.25) is 4.79 Å². The first kappa shape index (κ1) is 15.9. The van der Waals surface area contributed by atoms with Gasteiger partial charge in [0.1, 0.15) is 0 Å². The van der Waals surface area contributed by atoms with Crippen LogP contribution in [-0.4, -0.2) is 60.4 Å². The van der Waals surface area contributed by atoms with Crippen molar-refractivity contribution in [2.75, 3.05) is 27.3 Å². The third-order valence-corrected chi connectivity index (χ3v) is 2.73. The molecular formula is C13H19N3O4. The van der Waals surface area contributed by atoms with E-state index in [-0.39, 0.29) is 24.9 Å². The largest absolute Gasteiger partial charge is 0.409 e. The lowest BCUT2D eigenvalue weighted by Gasteiger charge is -2.20. The van der Waals surface area contributed by atoms with Crippen molar-refractivity contribution in [3.05, 3.63) is 35.4 Å². The number of carbonyl (C=O) groups is 1. The Morgan fingerprint density at radius 1 is 1.40 bits per heavy atom. The molecule has 7 nitrogen and oxygen atoms in total. The molecule has 0 aliphatic rings. The van der Waals surface area contributed by atoms with E-state index >= 15 is 0 Å². The zero-order chi connectivity index (χ0) is 15.1. The van der Waals surface area contributed by atoms with E-state index in [1.165, 1.54) is 12.0 Å². The van der Waals surface area contributed by atoms with Crippen LogP contribution >= 0.6 is 0 Å². The summed E-state index contributed by atoms with van der Waals surface area (Å²) in [6, 6.07) is 6.33. The number of likely N-dealkylation sites (N-methyl/N-ethyl adjacent to an activating group) is 1. The highest BCUT2D eigenvalue weighted by Crippen LogP contribution is 2.07. The van der Waals surface area contributed by atoms with Crippen LogP contribution in [0.1, 0.15) is 15.9 Å². The number of amides is 1. The van der Waals surface area contributed by atoms with Gasteiger partial charge in [-0.25, -0.2) is 0 Å². The molecule has 1 rings (SSSR count). The minimum absolute atomic E-state index is 0.0205. The zero-order valence-electron chi connectivity index (χ0n) is 11.5. The van der Waals surface area contributed by atoms with Crippen molar-refractivity contribution in [3.8, 4) is 0 Å². The van der Waals surface area contributed by atoms with Crippen LogP contribution in [0, 0.1) is 0 Å². The Morgan fingerprint density at radius 3 is 2.45 bits per heavy atom. The Bertz CT molecular complexity index is 473. The molecule has 1 aromatic rings. The molecular weight excluding hydrogens is 262 g/mol. The van der Waals surface area contributed by atoms with Gasteiger partial charge in [-0.1, -0.05) is 17.3 Å². The molecule has 20 heavy (non-hydrogen) atoms. The number of aliphatic hydroxyl groups is 1. The number of benzene rings is 1. The predicted molar refractivity (Wildman–Crippen MR) is 73.8 cm³/mol. The van der Waals surface area contributed by atoms with E-state index in [0.717, 1.165) is 0 Å². The summed E-state index contributed by atoms with van der Waals surface area (Å²) in [7, 11) is 3.08. The number of methoxy groups -OCH3 is 1. The number of amidine groups is 1. The molecule has 0 aromatic heterocycles. The quantitative estimate of drug-likeness (QED) is 0.291. The standard InChI is InChI=1S/C13H19N3O4/c1-16(7-11(17)8-20-2)13(18)10-5-3-9(4-6-10)12(14)15-19/h3-6,11,17,19H,7-8H2,1-2H3,(H2,14,15). The summed E-state index contributed by atoms with van der Waals surface area (Å²) >= 11 is 0. The highest BCUT2D eigenvalue weighted by Gasteiger charge is 2.15. The Kier molecular flexibility index (Phi) is 5.95. The average molecular weight is 281 g/mol. The fraction of sp³-hybridized carbons (Fsp3) is 0.385. The lowest BCUT2D eigenvalue weighted by atomic mass is 10.1. The summed E-state index contributed by atoms with van der Waals surface area (Å²) in [5.41, 5.74) is 6.41. The van der Waals surface area contributed by atoms with Crippen LogP contribution in [0.15, 0.2) is 29.4 Å². The number of hydrogen-bond donors (Lipinski definition) is 3. The maximum absolute atomic E-state index is 12.1. The Morgan fingerprint density at radius 2 is 1.95 bits per heavy atom. The highest BCUT2D eigenvalue weighted by molar-refractivity contribution is 5.99. The molecule has 1 amide bonds. The number of nitrogens with zero attached hydrogens (tertiary/aromatic N) is 2. The Balaban J connectivity index is 2.72. The second-order valence-corrected chi connectivity index (χ2v) is 4.36. The molecule has 0 bridgehead atoms. The molecule has 0 aliphatic heterocycles. The zero-order valence-corrected chi connectivity index (χ0v) is 11.5. The van der Waals surface area contributed by atoms with Crippen molar-refractivity contribution >= 4 is 11.7 Å². The Labute approximate surface area is 117 Å². The van der Waals surface area contributed by atoms with Crippen LogP contribution in [0.25, 0.3) is 0 Å². The van der Waals surface area contributed by atoms with Gasteiger partial charge in [0.05, 0.1) is 12.7 Å². The van der Waals surface area contributed by atoms with Gasteiger partial charge in [0.2, 0.25) is 0 Å². The van der Waals surface area contributed by atoms with Gasteiger partial charge in [0, 0.05) is 31.8 Å². The number of hydrogen-bond acceptors (Lipinski definition) is 5. The molecule has 4 N–H and O–H groups in total. The molecule has 1 aromatic carbocycles. The molecule has 7 heteroatoms. The van der Waals surface area contributed by atoms with Crippen LogP contribution < -0.4 is 5.73 Å². The van der Waals surface area contributed by atoms with E-state index < -0.39 is 6.10 Å². The van der Waals surface area contributed by atoms with Crippen molar-refractivity contribution in [1.29, 1.82) is 0 Å². The number of aliphatic hydroxyl groups excluding tert-OH is 1. The molecule has 0 saturated carbocycles. The van der Waals surface area contributed by atoms with Crippen molar-refractivity contribution in [2.24, 2.45) is 10.9 Å². The minimum atomic E-state index is -0.731. The van der Waals surface area contributed by atoms with E-state index in [0.29, 0.717) is 11.1 Å². The van der Waals surface area contributed by atoms with E-state index in [1.54, 1.807) is 31.3 Å². The normalized spacial score (nSPS) is 13.1. The van der Waals surface area contributed by atoms with Crippen molar-refractivity contribution in [2.45, 2.75) is 6.10 Å². The number of rotatable bonds is 6. The maximum atomic E-state index is 12.1. The molecule has 0 radical (unpaired) electrons. The second kappa shape index (κ2) is 7.46. The number of ether oxygens (including phenoxy) is 1. The number of nitrogens with two attached hydrogens (primary N) is 1. The van der Waals surface area contributed by atoms with Gasteiger partial charge < -0.3 is 25.7 Å². The minimum Gasteiger partial charge on any atom is -0.409 e. The van der Waals surface area contributed by atoms with Crippen molar-refractivity contribution in [1.82, 2.24) is 4.90 Å². The summed E-state index contributed by atoms with van der Waals surface area (Å²) < 4.78 is 4.81. The Hall–Kier alpha value is -2.12. The third-order valence-electron chi connectivity index (χ3n) is 2.73. The maximum Gasteiger partial charge on any atom is 0.253 e. The first-order valence-corrected chi connectivity index (χ1v) is 6.00. The van der Waals surface area contributed by atoms with Gasteiger partial charge in [-0.15, -0.1) is 0 Å². The lowest BCUT2D eigenvalue weighted by molar-refractivity contribution is 0.0380. The molecule has 1 unspecified atom stereocenters. The third kappa shape index (κ3) is 4.22. The topological polar surface area (TPSA) is 108 Å². The molecule has 110 valence electrons. The summed E-state index contributed by atoms with van der Waals surface area (Å²) in [5, 5.41) is 21.0. The molecule has 0 spiro atoms. The van der Waals surface area contributed by atoms with Gasteiger partial charge >= 0.3 is 0 Å². The highest BCUT2D eigenvalue weighted by atomic mass is 16.5. The van der Waals surface area contributed by atoms with Gasteiger partial charge in [0.15, 0.2) is 5.84 Å². The van der Waals surface area contributed by atoms with Crippen molar-refractivity contribution in [3.63, 3.8) is 0 Å².